The van der Waals surface area contributed by atoms with Crippen LogP contribution in [0.25, 0.3) is 0 Å². The Morgan fingerprint density at radius 3 is 2.90 bits per heavy atom. The molecule has 0 saturated carbocycles. The van der Waals surface area contributed by atoms with Gasteiger partial charge in [-0.1, -0.05) is 0 Å². The Labute approximate surface area is 120 Å². The van der Waals surface area contributed by atoms with E-state index in [1.54, 1.807) is 6.20 Å². The third-order valence-corrected chi connectivity index (χ3v) is 4.36. The van der Waals surface area contributed by atoms with Crippen LogP contribution in [0, 0.1) is 0 Å². The molecule has 5 nitrogen and oxygen atoms in total. The van der Waals surface area contributed by atoms with Crippen LogP contribution >= 0.6 is 0 Å². The molecule has 1 aromatic rings. The van der Waals surface area contributed by atoms with Crippen molar-refractivity contribution in [2.75, 3.05) is 38.5 Å². The Balaban J connectivity index is 1.71. The van der Waals surface area contributed by atoms with Gasteiger partial charge in [0.1, 0.15) is 5.82 Å². The van der Waals surface area contributed by atoms with Gasteiger partial charge in [0.05, 0.1) is 5.56 Å². The highest BCUT2D eigenvalue weighted by molar-refractivity contribution is 5.94. The van der Waals surface area contributed by atoms with Crippen molar-refractivity contribution in [3.63, 3.8) is 0 Å². The lowest BCUT2D eigenvalue weighted by molar-refractivity contribution is 0.0743. The summed E-state index contributed by atoms with van der Waals surface area (Å²) in [5.41, 5.74) is 0.690. The quantitative estimate of drug-likeness (QED) is 0.886. The maximum absolute atomic E-state index is 12.6. The zero-order chi connectivity index (χ0) is 13.9. The van der Waals surface area contributed by atoms with Crippen LogP contribution in [0.2, 0.25) is 0 Å². The summed E-state index contributed by atoms with van der Waals surface area (Å²) in [5.74, 6) is 0.910. The van der Waals surface area contributed by atoms with Crippen LogP contribution in [-0.4, -0.2) is 60.0 Å². The van der Waals surface area contributed by atoms with Crippen LogP contribution in [-0.2, 0) is 0 Å². The number of carbonyl (C=O) groups is 1. The lowest BCUT2D eigenvalue weighted by Gasteiger charge is -2.25. The lowest BCUT2D eigenvalue weighted by Crippen LogP contribution is -2.39. The predicted octanol–water partition coefficient (Wildman–Crippen LogP) is 1.43. The van der Waals surface area contributed by atoms with E-state index >= 15 is 0 Å². The first-order valence-corrected chi connectivity index (χ1v) is 7.45. The fraction of sp³-hybridized carbons (Fsp3) is 0.600. The van der Waals surface area contributed by atoms with Crippen molar-refractivity contribution in [2.24, 2.45) is 0 Å². The number of anilines is 1. The number of pyridine rings is 1. The molecule has 2 fully saturated rings. The molecule has 20 heavy (non-hydrogen) atoms. The zero-order valence-electron chi connectivity index (χ0n) is 12.0. The average Bonchev–Trinajstić information content (AvgIpc) is 2.83. The maximum atomic E-state index is 12.6. The molecule has 1 atom stereocenters. The fourth-order valence-corrected chi connectivity index (χ4v) is 3.24. The third-order valence-electron chi connectivity index (χ3n) is 4.36. The molecule has 2 aliphatic rings. The molecular formula is C15H22N4O. The molecule has 3 heterocycles. The molecule has 108 valence electrons. The number of carbonyl (C=O) groups excluding carboxylic acids is 1. The van der Waals surface area contributed by atoms with E-state index in [1.807, 2.05) is 24.1 Å². The van der Waals surface area contributed by atoms with Crippen LogP contribution in [0.5, 0.6) is 0 Å². The molecule has 0 radical (unpaired) electrons. The van der Waals surface area contributed by atoms with Crippen LogP contribution in [0.4, 0.5) is 5.82 Å². The largest absolute Gasteiger partial charge is 0.373 e. The van der Waals surface area contributed by atoms with E-state index in [2.05, 4.69) is 15.2 Å². The van der Waals surface area contributed by atoms with E-state index < -0.39 is 0 Å². The summed E-state index contributed by atoms with van der Waals surface area (Å²) in [6.45, 7) is 4.06. The fourth-order valence-electron chi connectivity index (χ4n) is 3.24. The van der Waals surface area contributed by atoms with Gasteiger partial charge in [0, 0.05) is 38.9 Å². The van der Waals surface area contributed by atoms with Crippen molar-refractivity contribution < 1.29 is 4.79 Å². The van der Waals surface area contributed by atoms with Crippen LogP contribution in [0.1, 0.15) is 29.6 Å². The Kier molecular flexibility index (Phi) is 3.87. The van der Waals surface area contributed by atoms with Gasteiger partial charge in [-0.05, 0) is 37.9 Å². The molecule has 0 aromatic carbocycles. The summed E-state index contributed by atoms with van der Waals surface area (Å²) < 4.78 is 0. The second-order valence-corrected chi connectivity index (χ2v) is 5.62. The highest BCUT2D eigenvalue weighted by atomic mass is 16.2. The number of rotatable bonds is 2. The highest BCUT2D eigenvalue weighted by Crippen LogP contribution is 2.22. The monoisotopic (exact) mass is 274 g/mol. The van der Waals surface area contributed by atoms with Crippen molar-refractivity contribution in [1.82, 2.24) is 14.8 Å². The molecule has 2 saturated heterocycles. The Morgan fingerprint density at radius 1 is 1.30 bits per heavy atom. The Bertz CT molecular complexity index is 473. The van der Waals surface area contributed by atoms with E-state index in [1.165, 1.54) is 19.4 Å². The van der Waals surface area contributed by atoms with Gasteiger partial charge >= 0.3 is 0 Å². The van der Waals surface area contributed by atoms with Gasteiger partial charge in [-0.3, -0.25) is 9.69 Å². The van der Waals surface area contributed by atoms with E-state index in [0.29, 0.717) is 11.6 Å². The molecule has 0 bridgehead atoms. The van der Waals surface area contributed by atoms with Crippen molar-refractivity contribution in [1.29, 1.82) is 0 Å². The van der Waals surface area contributed by atoms with Crippen molar-refractivity contribution in [3.8, 4) is 0 Å². The van der Waals surface area contributed by atoms with E-state index in [0.717, 1.165) is 31.9 Å². The first-order valence-electron chi connectivity index (χ1n) is 7.45. The minimum atomic E-state index is 0.119. The van der Waals surface area contributed by atoms with Gasteiger partial charge in [-0.15, -0.1) is 0 Å². The zero-order valence-corrected chi connectivity index (χ0v) is 12.0. The number of nitrogens with one attached hydrogen (secondary N) is 1. The van der Waals surface area contributed by atoms with Crippen LogP contribution in [0.15, 0.2) is 18.3 Å². The predicted molar refractivity (Wildman–Crippen MR) is 78.9 cm³/mol. The normalized spacial score (nSPS) is 23.2. The van der Waals surface area contributed by atoms with Gasteiger partial charge in [0.2, 0.25) is 0 Å². The average molecular weight is 274 g/mol. The number of nitrogens with zero attached hydrogens (tertiary/aromatic N) is 3. The van der Waals surface area contributed by atoms with Crippen molar-refractivity contribution in [3.05, 3.63) is 23.9 Å². The van der Waals surface area contributed by atoms with Crippen molar-refractivity contribution >= 4 is 11.7 Å². The molecule has 0 aliphatic carbocycles. The number of fused-ring (bicyclic) bond motifs is 1. The maximum Gasteiger partial charge on any atom is 0.255 e. The lowest BCUT2D eigenvalue weighted by atomic mass is 10.2. The summed E-state index contributed by atoms with van der Waals surface area (Å²) >= 11 is 0. The Hall–Kier alpha value is -1.62. The summed E-state index contributed by atoms with van der Waals surface area (Å²) in [6, 6.07) is 4.27. The third kappa shape index (κ3) is 2.63. The standard InChI is InChI=1S/C15H22N4O/c1-16-14-6-5-12(10-17-14)15(20)19-9-3-8-18-7-2-4-13(18)11-19/h5-6,10,13H,2-4,7-9,11H2,1H3,(H,16,17). The Morgan fingerprint density at radius 2 is 2.15 bits per heavy atom. The molecular weight excluding hydrogens is 252 g/mol. The molecule has 3 rings (SSSR count). The van der Waals surface area contributed by atoms with Crippen LogP contribution in [0.3, 0.4) is 0 Å². The number of amides is 1. The minimum absolute atomic E-state index is 0.119. The SMILES string of the molecule is CNc1ccc(C(=O)N2CCCN3CCCC3C2)cn1. The summed E-state index contributed by atoms with van der Waals surface area (Å²) in [4.78, 5) is 21.4. The molecule has 1 N–H and O–H groups in total. The van der Waals surface area contributed by atoms with Gasteiger partial charge < -0.3 is 10.2 Å². The van der Waals surface area contributed by atoms with Crippen LogP contribution < -0.4 is 5.32 Å². The first-order chi connectivity index (χ1) is 9.78. The second-order valence-electron chi connectivity index (χ2n) is 5.62. The molecule has 0 spiro atoms. The van der Waals surface area contributed by atoms with E-state index in [-0.39, 0.29) is 5.91 Å². The van der Waals surface area contributed by atoms with Gasteiger partial charge in [0.15, 0.2) is 0 Å². The highest BCUT2D eigenvalue weighted by Gasteiger charge is 2.30. The molecule has 1 amide bonds. The van der Waals surface area contributed by atoms with E-state index in [9.17, 15) is 4.79 Å². The smallest absolute Gasteiger partial charge is 0.255 e. The summed E-state index contributed by atoms with van der Waals surface area (Å²) in [5, 5.41) is 2.97. The van der Waals surface area contributed by atoms with Gasteiger partial charge in [0.25, 0.3) is 5.91 Å². The second kappa shape index (κ2) is 5.79. The van der Waals surface area contributed by atoms with E-state index in [4.69, 9.17) is 0 Å². The number of aromatic nitrogens is 1. The van der Waals surface area contributed by atoms with Gasteiger partial charge in [-0.25, -0.2) is 4.98 Å². The van der Waals surface area contributed by atoms with Gasteiger partial charge in [-0.2, -0.15) is 0 Å². The number of hydrogen-bond donors (Lipinski definition) is 1. The molecule has 2 aliphatic heterocycles. The molecule has 1 unspecified atom stereocenters. The summed E-state index contributed by atoms with van der Waals surface area (Å²) in [6.07, 6.45) is 5.24. The molecule has 1 aromatic heterocycles. The van der Waals surface area contributed by atoms with Crippen molar-refractivity contribution in [2.45, 2.75) is 25.3 Å². The number of hydrogen-bond acceptors (Lipinski definition) is 4. The first kappa shape index (κ1) is 13.4. The minimum Gasteiger partial charge on any atom is -0.373 e. The topological polar surface area (TPSA) is 48.5 Å². The molecule has 5 heteroatoms. The summed E-state index contributed by atoms with van der Waals surface area (Å²) in [7, 11) is 1.83.